The van der Waals surface area contributed by atoms with E-state index in [-0.39, 0.29) is 5.91 Å². The van der Waals surface area contributed by atoms with E-state index in [1.165, 1.54) is 0 Å². The minimum absolute atomic E-state index is 0.0331. The van der Waals surface area contributed by atoms with Crippen molar-refractivity contribution >= 4 is 40.6 Å². The second kappa shape index (κ2) is 8.11. The molecule has 0 saturated carbocycles. The van der Waals surface area contributed by atoms with E-state index in [0.29, 0.717) is 18.1 Å². The molecule has 0 bridgehead atoms. The first-order valence-corrected chi connectivity index (χ1v) is 7.95. The van der Waals surface area contributed by atoms with Crippen molar-refractivity contribution in [1.29, 1.82) is 0 Å². The highest BCUT2D eigenvalue weighted by Gasteiger charge is 2.17. The fourth-order valence-corrected chi connectivity index (χ4v) is 3.05. The van der Waals surface area contributed by atoms with Crippen LogP contribution in [0.4, 0.5) is 5.69 Å². The van der Waals surface area contributed by atoms with E-state index in [9.17, 15) is 4.79 Å². The molecule has 0 unspecified atom stereocenters. The van der Waals surface area contributed by atoms with E-state index in [2.05, 4.69) is 12.2 Å². The highest BCUT2D eigenvalue weighted by atomic mass is 32.2. The molecule has 0 fully saturated rings. The van der Waals surface area contributed by atoms with E-state index in [1.54, 1.807) is 18.8 Å². The molecule has 4 nitrogen and oxygen atoms in total. The monoisotopic (exact) mass is 311 g/mol. The van der Waals surface area contributed by atoms with Crippen LogP contribution in [0, 0.1) is 0 Å². The lowest BCUT2D eigenvalue weighted by molar-refractivity contribution is -0.119. The Balaban J connectivity index is 3.23. The number of carbonyl (C=O) groups is 1. The SMILES string of the molecule is CCSc1cccc(N(CC)CC(=O)NC)c1C(N)=S. The fraction of sp³-hybridized carbons (Fsp3) is 0.429. The Kier molecular flexibility index (Phi) is 6.81. The lowest BCUT2D eigenvalue weighted by atomic mass is 10.1. The topological polar surface area (TPSA) is 58.4 Å². The maximum atomic E-state index is 11.6. The number of benzene rings is 1. The summed E-state index contributed by atoms with van der Waals surface area (Å²) < 4.78 is 0. The average Bonchev–Trinajstić information content (AvgIpc) is 2.44. The van der Waals surface area contributed by atoms with Gasteiger partial charge in [0.2, 0.25) is 5.91 Å². The molecule has 0 saturated heterocycles. The van der Waals surface area contributed by atoms with E-state index >= 15 is 0 Å². The first-order chi connectivity index (χ1) is 9.54. The van der Waals surface area contributed by atoms with E-state index < -0.39 is 0 Å². The molecule has 20 heavy (non-hydrogen) atoms. The number of rotatable bonds is 7. The third-order valence-electron chi connectivity index (χ3n) is 2.89. The van der Waals surface area contributed by atoms with E-state index in [4.69, 9.17) is 18.0 Å². The van der Waals surface area contributed by atoms with Gasteiger partial charge in [-0.05, 0) is 24.8 Å². The van der Waals surface area contributed by atoms with Crippen LogP contribution in [0.25, 0.3) is 0 Å². The third kappa shape index (κ3) is 4.11. The standard InChI is InChI=1S/C14H21N3OS2/c1-4-17(9-12(18)16-3)10-7-6-8-11(20-5-2)13(10)14(15)19/h6-8H,4-5,9H2,1-3H3,(H2,15,19)(H,16,18). The summed E-state index contributed by atoms with van der Waals surface area (Å²) in [5.41, 5.74) is 7.67. The molecule has 0 aliphatic heterocycles. The molecule has 3 N–H and O–H groups in total. The van der Waals surface area contributed by atoms with Crippen LogP contribution in [0.3, 0.4) is 0 Å². The first kappa shape index (κ1) is 16.8. The van der Waals surface area contributed by atoms with Crippen molar-refractivity contribution in [2.45, 2.75) is 18.7 Å². The summed E-state index contributed by atoms with van der Waals surface area (Å²) in [7, 11) is 1.63. The lowest BCUT2D eigenvalue weighted by Gasteiger charge is -2.25. The van der Waals surface area contributed by atoms with Gasteiger partial charge in [-0.15, -0.1) is 11.8 Å². The van der Waals surface area contributed by atoms with Gasteiger partial charge in [-0.25, -0.2) is 0 Å². The van der Waals surface area contributed by atoms with Crippen LogP contribution in [0.1, 0.15) is 19.4 Å². The van der Waals surface area contributed by atoms with Gasteiger partial charge in [0.05, 0.1) is 6.54 Å². The summed E-state index contributed by atoms with van der Waals surface area (Å²) in [6.45, 7) is 5.10. The predicted octanol–water partition coefficient (Wildman–Crippen LogP) is 2.01. The lowest BCUT2D eigenvalue weighted by Crippen LogP contribution is -2.36. The Morgan fingerprint density at radius 3 is 2.65 bits per heavy atom. The molecule has 1 aromatic rings. The molecule has 0 heterocycles. The molecule has 0 radical (unpaired) electrons. The number of hydrogen-bond donors (Lipinski definition) is 2. The Hall–Kier alpha value is -1.27. The van der Waals surface area contributed by atoms with Gasteiger partial charge in [0.15, 0.2) is 0 Å². The molecule has 1 aromatic carbocycles. The number of carbonyl (C=O) groups excluding carboxylic acids is 1. The van der Waals surface area contributed by atoms with Crippen LogP contribution in [-0.4, -0.2) is 36.8 Å². The fourth-order valence-electron chi connectivity index (χ4n) is 1.93. The zero-order valence-corrected chi connectivity index (χ0v) is 13.7. The van der Waals surface area contributed by atoms with Crippen LogP contribution in [0.2, 0.25) is 0 Å². The van der Waals surface area contributed by atoms with Crippen molar-refractivity contribution in [3.05, 3.63) is 23.8 Å². The number of hydrogen-bond acceptors (Lipinski definition) is 4. The minimum atomic E-state index is -0.0331. The third-order valence-corrected chi connectivity index (χ3v) is 4.03. The van der Waals surface area contributed by atoms with Gasteiger partial charge in [0.25, 0.3) is 0 Å². The molecule has 0 aromatic heterocycles. The van der Waals surface area contributed by atoms with Gasteiger partial charge >= 0.3 is 0 Å². The molecule has 0 atom stereocenters. The van der Waals surface area contributed by atoms with Gasteiger partial charge in [-0.3, -0.25) is 4.79 Å². The summed E-state index contributed by atoms with van der Waals surface area (Å²) in [5.74, 6) is 0.912. The number of thioether (sulfide) groups is 1. The van der Waals surface area contributed by atoms with Gasteiger partial charge in [-0.2, -0.15) is 0 Å². The molecule has 6 heteroatoms. The first-order valence-electron chi connectivity index (χ1n) is 6.56. The highest BCUT2D eigenvalue weighted by Crippen LogP contribution is 2.30. The minimum Gasteiger partial charge on any atom is -0.389 e. The van der Waals surface area contributed by atoms with Crippen molar-refractivity contribution in [1.82, 2.24) is 5.32 Å². The summed E-state index contributed by atoms with van der Waals surface area (Å²) in [5, 5.41) is 2.64. The smallest absolute Gasteiger partial charge is 0.239 e. The number of amides is 1. The Morgan fingerprint density at radius 1 is 1.45 bits per heavy atom. The largest absolute Gasteiger partial charge is 0.389 e. The molecule has 1 amide bonds. The maximum Gasteiger partial charge on any atom is 0.239 e. The molecule has 110 valence electrons. The summed E-state index contributed by atoms with van der Waals surface area (Å²) in [4.78, 5) is 15.0. The van der Waals surface area contributed by atoms with Crippen LogP contribution in [0.15, 0.2) is 23.1 Å². The van der Waals surface area contributed by atoms with Crippen molar-refractivity contribution in [2.75, 3.05) is 30.8 Å². The number of nitrogens with one attached hydrogen (secondary N) is 1. The normalized spacial score (nSPS) is 10.2. The van der Waals surface area contributed by atoms with Crippen molar-refractivity contribution in [3.8, 4) is 0 Å². The second-order valence-corrected chi connectivity index (χ2v) is 5.88. The molecule has 0 aliphatic carbocycles. The molecular formula is C14H21N3OS2. The Morgan fingerprint density at radius 2 is 2.15 bits per heavy atom. The molecule has 0 spiro atoms. The summed E-state index contributed by atoms with van der Waals surface area (Å²) in [6.07, 6.45) is 0. The number of nitrogens with zero attached hydrogens (tertiary/aromatic N) is 1. The Labute approximate surface area is 130 Å². The number of nitrogens with two attached hydrogens (primary N) is 1. The summed E-state index contributed by atoms with van der Waals surface area (Å²) in [6, 6.07) is 5.95. The van der Waals surface area contributed by atoms with E-state index in [1.807, 2.05) is 30.0 Å². The van der Waals surface area contributed by atoms with Crippen molar-refractivity contribution in [3.63, 3.8) is 0 Å². The highest BCUT2D eigenvalue weighted by molar-refractivity contribution is 7.99. The Bertz CT molecular complexity index is 491. The van der Waals surface area contributed by atoms with Gasteiger partial charge in [-0.1, -0.05) is 25.2 Å². The second-order valence-electron chi connectivity index (χ2n) is 4.13. The van der Waals surface area contributed by atoms with Crippen LogP contribution in [-0.2, 0) is 4.79 Å². The van der Waals surface area contributed by atoms with Gasteiger partial charge in [0, 0.05) is 29.7 Å². The molecule has 0 aliphatic rings. The number of thiocarbonyl (C=S) groups is 1. The maximum absolute atomic E-state index is 11.6. The van der Waals surface area contributed by atoms with Crippen LogP contribution >= 0.6 is 24.0 Å². The van der Waals surface area contributed by atoms with Crippen molar-refractivity contribution < 1.29 is 4.79 Å². The van der Waals surface area contributed by atoms with Crippen LogP contribution in [0.5, 0.6) is 0 Å². The summed E-state index contributed by atoms with van der Waals surface area (Å²) >= 11 is 6.90. The molecular weight excluding hydrogens is 290 g/mol. The number of anilines is 1. The zero-order valence-electron chi connectivity index (χ0n) is 12.1. The van der Waals surface area contributed by atoms with Gasteiger partial charge < -0.3 is 16.0 Å². The van der Waals surface area contributed by atoms with Crippen LogP contribution < -0.4 is 16.0 Å². The zero-order chi connectivity index (χ0) is 15.1. The van der Waals surface area contributed by atoms with E-state index in [0.717, 1.165) is 21.9 Å². The van der Waals surface area contributed by atoms with Crippen molar-refractivity contribution in [2.24, 2.45) is 5.73 Å². The molecule has 1 rings (SSSR count). The predicted molar refractivity (Wildman–Crippen MR) is 90.7 cm³/mol. The number of likely N-dealkylation sites (N-methyl/N-ethyl adjacent to an activating group) is 2. The quantitative estimate of drug-likeness (QED) is 0.596. The average molecular weight is 311 g/mol. The van der Waals surface area contributed by atoms with Gasteiger partial charge in [0.1, 0.15) is 4.99 Å².